The first-order valence-electron chi connectivity index (χ1n) is 8.44. The second-order valence-electron chi connectivity index (χ2n) is 6.32. The Morgan fingerprint density at radius 1 is 1.08 bits per heavy atom. The molecule has 2 aromatic carbocycles. The van der Waals surface area contributed by atoms with E-state index in [-0.39, 0.29) is 17.5 Å². The van der Waals surface area contributed by atoms with Crippen LogP contribution in [0, 0.1) is 6.92 Å². The van der Waals surface area contributed by atoms with Crippen LogP contribution in [0.4, 0.5) is 13.2 Å². The fourth-order valence-corrected chi connectivity index (χ4v) is 3.28. The van der Waals surface area contributed by atoms with Gasteiger partial charge in [0.2, 0.25) is 0 Å². The lowest BCUT2D eigenvalue weighted by atomic mass is 9.94. The van der Waals surface area contributed by atoms with E-state index in [1.165, 1.54) is 12.1 Å². The molecule has 0 unspecified atom stereocenters. The lowest BCUT2D eigenvalue weighted by Gasteiger charge is -2.36. The normalized spacial score (nSPS) is 17.1. The minimum absolute atomic E-state index is 0.214. The van der Waals surface area contributed by atoms with Gasteiger partial charge in [-0.1, -0.05) is 30.3 Å². The van der Waals surface area contributed by atoms with E-state index in [1.54, 1.807) is 12.1 Å². The third kappa shape index (κ3) is 4.28. The van der Waals surface area contributed by atoms with E-state index in [4.69, 9.17) is 0 Å². The van der Waals surface area contributed by atoms with Crippen molar-refractivity contribution in [2.45, 2.75) is 19.3 Å². The molecule has 0 bridgehead atoms. The molecule has 4 nitrogen and oxygen atoms in total. The van der Waals surface area contributed by atoms with E-state index in [0.29, 0.717) is 0 Å². The zero-order valence-corrected chi connectivity index (χ0v) is 14.4. The molecule has 2 aromatic rings. The molecule has 0 saturated carbocycles. The van der Waals surface area contributed by atoms with Gasteiger partial charge in [-0.2, -0.15) is 0 Å². The minimum atomic E-state index is -4.71. The molecule has 0 radical (unpaired) electrons. The molecule has 0 spiro atoms. The van der Waals surface area contributed by atoms with E-state index in [2.05, 4.69) is 15.0 Å². The predicted molar refractivity (Wildman–Crippen MR) is 92.3 cm³/mol. The average molecular weight is 366 g/mol. The molecule has 1 saturated heterocycles. The molecule has 1 aliphatic rings. The van der Waals surface area contributed by atoms with Gasteiger partial charge in [0.1, 0.15) is 11.5 Å². The fourth-order valence-electron chi connectivity index (χ4n) is 3.28. The van der Waals surface area contributed by atoms with Crippen LogP contribution in [0.2, 0.25) is 0 Å². The number of alkyl halides is 3. The molecule has 0 amide bonds. The molecule has 1 atom stereocenters. The van der Waals surface area contributed by atoms with Crippen LogP contribution in [-0.4, -0.2) is 42.5 Å². The molecule has 140 valence electrons. The van der Waals surface area contributed by atoms with Crippen LogP contribution < -0.4 is 10.1 Å². The number of benzene rings is 2. The summed E-state index contributed by atoms with van der Waals surface area (Å²) in [5.74, 6) is -0.0413. The molecule has 2 N–H and O–H groups in total. The Labute approximate surface area is 150 Å². The molecule has 7 heteroatoms. The van der Waals surface area contributed by atoms with Crippen LogP contribution >= 0.6 is 0 Å². The number of piperazine rings is 1. The molecular formula is C19H21F3N2O2. The van der Waals surface area contributed by atoms with Crippen molar-refractivity contribution in [3.05, 3.63) is 59.2 Å². The highest BCUT2D eigenvalue weighted by Gasteiger charge is 2.31. The van der Waals surface area contributed by atoms with Gasteiger partial charge in [-0.05, 0) is 30.2 Å². The summed E-state index contributed by atoms with van der Waals surface area (Å²) >= 11 is 0. The quantitative estimate of drug-likeness (QED) is 0.868. The smallest absolute Gasteiger partial charge is 0.507 e. The maximum Gasteiger partial charge on any atom is 0.573 e. The first kappa shape index (κ1) is 18.5. The molecule has 26 heavy (non-hydrogen) atoms. The summed E-state index contributed by atoms with van der Waals surface area (Å²) in [6.45, 7) is 5.02. The topological polar surface area (TPSA) is 44.7 Å². The molecule has 1 fully saturated rings. The Kier molecular flexibility index (Phi) is 5.38. The van der Waals surface area contributed by atoms with Gasteiger partial charge in [0.15, 0.2) is 0 Å². The van der Waals surface area contributed by atoms with Crippen molar-refractivity contribution in [1.29, 1.82) is 0 Å². The molecule has 1 aliphatic heterocycles. The Morgan fingerprint density at radius 3 is 2.35 bits per heavy atom. The Hall–Kier alpha value is -2.25. The van der Waals surface area contributed by atoms with Crippen molar-refractivity contribution in [2.75, 3.05) is 26.2 Å². The second-order valence-corrected chi connectivity index (χ2v) is 6.32. The third-order valence-electron chi connectivity index (χ3n) is 4.51. The van der Waals surface area contributed by atoms with Crippen LogP contribution in [0.15, 0.2) is 42.5 Å². The molecule has 1 heterocycles. The number of hydrogen-bond donors (Lipinski definition) is 2. The molecular weight excluding hydrogens is 345 g/mol. The van der Waals surface area contributed by atoms with Crippen LogP contribution in [0.1, 0.15) is 22.7 Å². The number of hydrogen-bond acceptors (Lipinski definition) is 4. The summed E-state index contributed by atoms with van der Waals surface area (Å²) in [6.07, 6.45) is -4.71. The van der Waals surface area contributed by atoms with Crippen molar-refractivity contribution >= 4 is 0 Å². The van der Waals surface area contributed by atoms with Crippen molar-refractivity contribution in [3.63, 3.8) is 0 Å². The third-order valence-corrected chi connectivity index (χ3v) is 4.51. The molecule has 0 aliphatic carbocycles. The monoisotopic (exact) mass is 366 g/mol. The van der Waals surface area contributed by atoms with E-state index in [1.807, 2.05) is 25.1 Å². The zero-order valence-electron chi connectivity index (χ0n) is 14.4. The number of phenolic OH excluding ortho intramolecular Hbond substituents is 1. The standard InChI is InChI=1S/C19H21F3N2O2/c1-13-3-2-4-16(18(13)25)17(24-11-9-23-10-12-24)14-5-7-15(8-6-14)26-19(20,21)22/h2-8,17,23,25H,9-12H2,1H3/t17-/m1/s1. The van der Waals surface area contributed by atoms with Crippen molar-refractivity contribution in [3.8, 4) is 11.5 Å². The van der Waals surface area contributed by atoms with Crippen LogP contribution in [0.5, 0.6) is 11.5 Å². The summed E-state index contributed by atoms with van der Waals surface area (Å²) < 4.78 is 41.1. The largest absolute Gasteiger partial charge is 0.573 e. The highest BCUT2D eigenvalue weighted by atomic mass is 19.4. The predicted octanol–water partition coefficient (Wildman–Crippen LogP) is 3.59. The highest BCUT2D eigenvalue weighted by molar-refractivity contribution is 5.46. The Bertz CT molecular complexity index is 741. The average Bonchev–Trinajstić information content (AvgIpc) is 2.60. The maximum absolute atomic E-state index is 12.4. The van der Waals surface area contributed by atoms with E-state index in [0.717, 1.165) is 42.9 Å². The van der Waals surface area contributed by atoms with Crippen molar-refractivity contribution in [1.82, 2.24) is 10.2 Å². The van der Waals surface area contributed by atoms with Gasteiger partial charge in [0.25, 0.3) is 0 Å². The first-order valence-corrected chi connectivity index (χ1v) is 8.44. The molecule has 0 aromatic heterocycles. The number of rotatable bonds is 4. The van der Waals surface area contributed by atoms with Gasteiger partial charge in [-0.25, -0.2) is 0 Å². The van der Waals surface area contributed by atoms with Gasteiger partial charge in [-0.3, -0.25) is 4.90 Å². The lowest BCUT2D eigenvalue weighted by molar-refractivity contribution is -0.274. The van der Waals surface area contributed by atoms with Crippen LogP contribution in [0.25, 0.3) is 0 Å². The van der Waals surface area contributed by atoms with Crippen LogP contribution in [-0.2, 0) is 0 Å². The molecule has 3 rings (SSSR count). The van der Waals surface area contributed by atoms with Crippen molar-refractivity contribution < 1.29 is 23.0 Å². The van der Waals surface area contributed by atoms with Crippen LogP contribution in [0.3, 0.4) is 0 Å². The number of aromatic hydroxyl groups is 1. The fraction of sp³-hybridized carbons (Fsp3) is 0.368. The first-order chi connectivity index (χ1) is 12.3. The van der Waals surface area contributed by atoms with Gasteiger partial charge < -0.3 is 15.2 Å². The number of phenols is 1. The van der Waals surface area contributed by atoms with Gasteiger partial charge in [0.05, 0.1) is 6.04 Å². The SMILES string of the molecule is Cc1cccc([C@@H](c2ccc(OC(F)(F)F)cc2)N2CCNCC2)c1O. The van der Waals surface area contributed by atoms with E-state index < -0.39 is 6.36 Å². The lowest BCUT2D eigenvalue weighted by Crippen LogP contribution is -2.45. The van der Waals surface area contributed by atoms with E-state index >= 15 is 0 Å². The number of para-hydroxylation sites is 1. The Balaban J connectivity index is 1.96. The summed E-state index contributed by atoms with van der Waals surface area (Å²) in [6, 6.07) is 11.2. The maximum atomic E-state index is 12.4. The summed E-state index contributed by atoms with van der Waals surface area (Å²) in [4.78, 5) is 2.21. The number of nitrogens with one attached hydrogen (secondary N) is 1. The number of nitrogens with zero attached hydrogens (tertiary/aromatic N) is 1. The van der Waals surface area contributed by atoms with Crippen molar-refractivity contribution in [2.24, 2.45) is 0 Å². The Morgan fingerprint density at radius 2 is 1.73 bits per heavy atom. The summed E-state index contributed by atoms with van der Waals surface area (Å²) in [5.41, 5.74) is 2.32. The van der Waals surface area contributed by atoms with Gasteiger partial charge >= 0.3 is 6.36 Å². The van der Waals surface area contributed by atoms with Gasteiger partial charge in [0, 0.05) is 31.7 Å². The highest BCUT2D eigenvalue weighted by Crippen LogP contribution is 2.37. The van der Waals surface area contributed by atoms with E-state index in [9.17, 15) is 18.3 Å². The minimum Gasteiger partial charge on any atom is -0.507 e. The summed E-state index contributed by atoms with van der Waals surface area (Å²) in [7, 11) is 0. The number of ether oxygens (including phenoxy) is 1. The zero-order chi connectivity index (χ0) is 18.7. The summed E-state index contributed by atoms with van der Waals surface area (Å²) in [5, 5.41) is 13.8. The number of halogens is 3. The number of aryl methyl sites for hydroxylation is 1. The second kappa shape index (κ2) is 7.55. The van der Waals surface area contributed by atoms with Gasteiger partial charge in [-0.15, -0.1) is 13.2 Å².